The van der Waals surface area contributed by atoms with Crippen molar-refractivity contribution in [1.29, 1.82) is 0 Å². The molecule has 0 spiro atoms. The maximum absolute atomic E-state index is 12.4. The molecular weight excluding hydrogens is 262 g/mol. The number of benzene rings is 1. The van der Waals surface area contributed by atoms with Crippen molar-refractivity contribution in [1.82, 2.24) is 9.80 Å². The van der Waals surface area contributed by atoms with Crippen LogP contribution < -0.4 is 5.73 Å². The monoisotopic (exact) mass is 289 g/mol. The fourth-order valence-corrected chi connectivity index (χ4v) is 2.80. The van der Waals surface area contributed by atoms with E-state index in [1.54, 1.807) is 0 Å². The molecule has 0 saturated carbocycles. The van der Waals surface area contributed by atoms with Crippen LogP contribution in [0, 0.1) is 0 Å². The number of rotatable bonds is 5. The maximum Gasteiger partial charge on any atom is 0.253 e. The van der Waals surface area contributed by atoms with E-state index in [1.807, 2.05) is 17.0 Å². The largest absolute Gasteiger partial charge is 0.337 e. The van der Waals surface area contributed by atoms with Gasteiger partial charge in [0, 0.05) is 37.3 Å². The van der Waals surface area contributed by atoms with Crippen molar-refractivity contribution >= 4 is 5.91 Å². The molecular formula is C17H27N3O. The molecule has 1 aromatic carbocycles. The Kier molecular flexibility index (Phi) is 5.37. The molecule has 1 aromatic rings. The lowest BCUT2D eigenvalue weighted by atomic mass is 10.1. The highest BCUT2D eigenvalue weighted by Gasteiger charge is 2.24. The summed E-state index contributed by atoms with van der Waals surface area (Å²) in [6.07, 6.45) is 0.906. The number of nitrogens with zero attached hydrogens (tertiary/aromatic N) is 2. The minimum Gasteiger partial charge on any atom is -0.337 e. The van der Waals surface area contributed by atoms with E-state index in [2.05, 4.69) is 37.8 Å². The van der Waals surface area contributed by atoms with Crippen LogP contribution in [0.1, 0.15) is 43.1 Å². The minimum atomic E-state index is 0.103. The third-order valence-corrected chi connectivity index (χ3v) is 4.23. The topological polar surface area (TPSA) is 49.6 Å². The molecule has 1 amide bonds. The summed E-state index contributed by atoms with van der Waals surface area (Å²) < 4.78 is 0. The smallest absolute Gasteiger partial charge is 0.253 e. The molecule has 4 heteroatoms. The van der Waals surface area contributed by atoms with Crippen molar-refractivity contribution in [3.05, 3.63) is 35.4 Å². The predicted molar refractivity (Wildman–Crippen MR) is 86.2 cm³/mol. The van der Waals surface area contributed by atoms with Crippen LogP contribution in [0.4, 0.5) is 0 Å². The van der Waals surface area contributed by atoms with Crippen molar-refractivity contribution < 1.29 is 4.79 Å². The lowest BCUT2D eigenvalue weighted by molar-refractivity contribution is 0.0791. The van der Waals surface area contributed by atoms with Crippen molar-refractivity contribution in [3.63, 3.8) is 0 Å². The zero-order valence-corrected chi connectivity index (χ0v) is 13.4. The molecule has 0 unspecified atom stereocenters. The summed E-state index contributed by atoms with van der Waals surface area (Å²) in [6.45, 7) is 10.0. The van der Waals surface area contributed by atoms with Crippen molar-refractivity contribution in [2.75, 3.05) is 19.6 Å². The molecule has 1 heterocycles. The van der Waals surface area contributed by atoms with E-state index in [4.69, 9.17) is 5.73 Å². The van der Waals surface area contributed by atoms with Gasteiger partial charge >= 0.3 is 0 Å². The van der Waals surface area contributed by atoms with Gasteiger partial charge in [0.1, 0.15) is 0 Å². The molecule has 1 aliphatic rings. The van der Waals surface area contributed by atoms with E-state index in [0.29, 0.717) is 12.6 Å². The van der Waals surface area contributed by atoms with Crippen molar-refractivity contribution in [3.8, 4) is 0 Å². The lowest BCUT2D eigenvalue weighted by Gasteiger charge is -2.24. The Bertz CT molecular complexity index is 469. The molecule has 2 N–H and O–H groups in total. The van der Waals surface area contributed by atoms with Crippen LogP contribution in [0.25, 0.3) is 0 Å². The summed E-state index contributed by atoms with van der Waals surface area (Å²) in [4.78, 5) is 16.6. The molecule has 0 aromatic heterocycles. The first-order valence-corrected chi connectivity index (χ1v) is 7.89. The number of carbonyl (C=O) groups is 1. The molecule has 1 fully saturated rings. The van der Waals surface area contributed by atoms with Gasteiger partial charge in [-0.15, -0.1) is 0 Å². The summed E-state index contributed by atoms with van der Waals surface area (Å²) >= 11 is 0. The zero-order chi connectivity index (χ0) is 15.4. The second kappa shape index (κ2) is 7.05. The summed E-state index contributed by atoms with van der Waals surface area (Å²) in [5.41, 5.74) is 7.88. The standard InChI is InChI=1S/C17H27N3O/c1-4-19(13(2)3)11-14-5-7-15(8-6-14)17(21)20-10-9-16(18)12-20/h5-8,13,16H,4,9-12,18H2,1-3H3/t16-/m1/s1. The van der Waals surface area contributed by atoms with Crippen LogP contribution in [0.15, 0.2) is 24.3 Å². The van der Waals surface area contributed by atoms with Gasteiger partial charge in [-0.25, -0.2) is 0 Å². The number of hydrogen-bond acceptors (Lipinski definition) is 3. The first-order chi connectivity index (χ1) is 10.0. The van der Waals surface area contributed by atoms with Gasteiger partial charge in [0.2, 0.25) is 0 Å². The molecule has 1 saturated heterocycles. The molecule has 0 aliphatic carbocycles. The molecule has 4 nitrogen and oxygen atoms in total. The average Bonchev–Trinajstić information content (AvgIpc) is 2.91. The molecule has 116 valence electrons. The summed E-state index contributed by atoms with van der Waals surface area (Å²) in [7, 11) is 0. The quantitative estimate of drug-likeness (QED) is 0.903. The first-order valence-electron chi connectivity index (χ1n) is 7.89. The summed E-state index contributed by atoms with van der Waals surface area (Å²) in [6, 6.07) is 8.67. The molecule has 2 rings (SSSR count). The van der Waals surface area contributed by atoms with Gasteiger partial charge in [-0.2, -0.15) is 0 Å². The Morgan fingerprint density at radius 3 is 2.52 bits per heavy atom. The Morgan fingerprint density at radius 1 is 1.38 bits per heavy atom. The van der Waals surface area contributed by atoms with Gasteiger partial charge in [0.15, 0.2) is 0 Å². The number of nitrogens with two attached hydrogens (primary N) is 1. The Balaban J connectivity index is 2.00. The number of hydrogen-bond donors (Lipinski definition) is 1. The van der Waals surface area contributed by atoms with Gasteiger partial charge in [-0.1, -0.05) is 19.1 Å². The Hall–Kier alpha value is -1.39. The van der Waals surface area contributed by atoms with Gasteiger partial charge in [-0.05, 0) is 44.5 Å². The van der Waals surface area contributed by atoms with Crippen LogP contribution in [-0.4, -0.2) is 47.4 Å². The fourth-order valence-electron chi connectivity index (χ4n) is 2.80. The zero-order valence-electron chi connectivity index (χ0n) is 13.4. The number of amides is 1. The third kappa shape index (κ3) is 4.05. The van der Waals surface area contributed by atoms with E-state index in [0.717, 1.165) is 31.6 Å². The second-order valence-corrected chi connectivity index (χ2v) is 6.15. The van der Waals surface area contributed by atoms with Crippen LogP contribution in [0.5, 0.6) is 0 Å². The lowest BCUT2D eigenvalue weighted by Crippen LogP contribution is -2.32. The highest BCUT2D eigenvalue weighted by molar-refractivity contribution is 5.94. The molecule has 21 heavy (non-hydrogen) atoms. The van der Waals surface area contributed by atoms with Gasteiger partial charge in [0.25, 0.3) is 5.91 Å². The Morgan fingerprint density at radius 2 is 2.05 bits per heavy atom. The second-order valence-electron chi connectivity index (χ2n) is 6.15. The van der Waals surface area contributed by atoms with E-state index in [1.165, 1.54) is 5.56 Å². The fraction of sp³-hybridized carbons (Fsp3) is 0.588. The van der Waals surface area contributed by atoms with Crippen molar-refractivity contribution in [2.45, 2.75) is 45.8 Å². The van der Waals surface area contributed by atoms with Gasteiger partial charge in [-0.3, -0.25) is 9.69 Å². The third-order valence-electron chi connectivity index (χ3n) is 4.23. The molecule has 0 bridgehead atoms. The predicted octanol–water partition coefficient (Wildman–Crippen LogP) is 2.09. The first kappa shape index (κ1) is 16.0. The minimum absolute atomic E-state index is 0.103. The molecule has 1 aliphatic heterocycles. The van der Waals surface area contributed by atoms with Crippen LogP contribution in [-0.2, 0) is 6.54 Å². The van der Waals surface area contributed by atoms with Gasteiger partial charge in [0.05, 0.1) is 0 Å². The normalized spacial score (nSPS) is 18.8. The van der Waals surface area contributed by atoms with Crippen LogP contribution >= 0.6 is 0 Å². The Labute approximate surface area is 127 Å². The van der Waals surface area contributed by atoms with Crippen LogP contribution in [0.3, 0.4) is 0 Å². The number of carbonyl (C=O) groups excluding carboxylic acids is 1. The molecule has 1 atom stereocenters. The summed E-state index contributed by atoms with van der Waals surface area (Å²) in [5, 5.41) is 0. The average molecular weight is 289 g/mol. The highest BCUT2D eigenvalue weighted by Crippen LogP contribution is 2.14. The summed E-state index contributed by atoms with van der Waals surface area (Å²) in [5.74, 6) is 0.103. The van der Waals surface area contributed by atoms with Crippen LogP contribution in [0.2, 0.25) is 0 Å². The highest BCUT2D eigenvalue weighted by atomic mass is 16.2. The van der Waals surface area contributed by atoms with E-state index in [9.17, 15) is 4.79 Å². The van der Waals surface area contributed by atoms with Gasteiger partial charge < -0.3 is 10.6 Å². The SMILES string of the molecule is CCN(Cc1ccc(C(=O)N2CC[C@@H](N)C2)cc1)C(C)C. The maximum atomic E-state index is 12.4. The molecule has 0 radical (unpaired) electrons. The van der Waals surface area contributed by atoms with E-state index in [-0.39, 0.29) is 11.9 Å². The van der Waals surface area contributed by atoms with Crippen molar-refractivity contribution in [2.24, 2.45) is 5.73 Å². The number of likely N-dealkylation sites (tertiary alicyclic amines) is 1. The van der Waals surface area contributed by atoms with E-state index >= 15 is 0 Å². The van der Waals surface area contributed by atoms with E-state index < -0.39 is 0 Å².